The summed E-state index contributed by atoms with van der Waals surface area (Å²) in [5, 5.41) is 4.57. The summed E-state index contributed by atoms with van der Waals surface area (Å²) in [6.07, 6.45) is 0. The molecule has 0 atom stereocenters. The van der Waals surface area contributed by atoms with Gasteiger partial charge in [-0.1, -0.05) is 9.59 Å². The average molecular weight is 209 g/mol. The first-order valence-corrected chi connectivity index (χ1v) is 3.98. The summed E-state index contributed by atoms with van der Waals surface area (Å²) in [5.74, 6) is -1.02. The van der Waals surface area contributed by atoms with Crippen molar-refractivity contribution in [3.8, 4) is 5.88 Å². The topological polar surface area (TPSA) is 55.3 Å². The van der Waals surface area contributed by atoms with Gasteiger partial charge in [-0.25, -0.2) is 0 Å². The Morgan fingerprint density at radius 3 is 2.85 bits per heavy atom. The van der Waals surface area contributed by atoms with Crippen LogP contribution in [0.25, 0.3) is 0 Å². The molecule has 13 heavy (non-hydrogen) atoms. The van der Waals surface area contributed by atoms with E-state index in [1.807, 2.05) is 0 Å². The molecule has 1 amide bonds. The Bertz CT molecular complexity index is 279. The van der Waals surface area contributed by atoms with Gasteiger partial charge in [0.2, 0.25) is 0 Å². The summed E-state index contributed by atoms with van der Waals surface area (Å²) in [6, 6.07) is 0. The van der Waals surface area contributed by atoms with Crippen molar-refractivity contribution in [3.05, 3.63) is 5.38 Å². The van der Waals surface area contributed by atoms with Crippen LogP contribution in [-0.4, -0.2) is 27.1 Å². The Labute approximate surface area is 76.0 Å². The fourth-order valence-corrected chi connectivity index (χ4v) is 0.893. The molecule has 0 aliphatic heterocycles. The van der Waals surface area contributed by atoms with Gasteiger partial charge in [0.05, 0.1) is 5.38 Å². The fraction of sp³-hybridized carbons (Fsp3) is 0.400. The molecule has 0 bridgehead atoms. The molecule has 0 spiro atoms. The van der Waals surface area contributed by atoms with Crippen molar-refractivity contribution in [2.75, 3.05) is 0 Å². The highest BCUT2D eigenvalue weighted by atomic mass is 32.1. The average Bonchev–Trinajstić information content (AvgIpc) is 2.50. The zero-order valence-electron chi connectivity index (χ0n) is 6.48. The molecule has 8 heteroatoms. The number of alkyl halides is 2. The summed E-state index contributed by atoms with van der Waals surface area (Å²) in [7, 11) is 0. The second-order valence-electron chi connectivity index (χ2n) is 1.96. The van der Waals surface area contributed by atoms with Crippen LogP contribution in [0, 0.1) is 0 Å². The summed E-state index contributed by atoms with van der Waals surface area (Å²) in [5.41, 5.74) is 0. The van der Waals surface area contributed by atoms with Crippen molar-refractivity contribution in [1.82, 2.24) is 14.7 Å². The Morgan fingerprint density at radius 1 is 1.77 bits per heavy atom. The molecule has 0 aromatic carbocycles. The third-order valence-corrected chi connectivity index (χ3v) is 1.50. The number of hydrogen-bond acceptors (Lipinski definition) is 5. The number of aromatic nitrogens is 2. The Kier molecular flexibility index (Phi) is 3.07. The number of carbonyl (C=O) groups is 1. The maximum absolute atomic E-state index is 12.1. The van der Waals surface area contributed by atoms with Crippen molar-refractivity contribution < 1.29 is 18.4 Å². The molecule has 5 nitrogen and oxygen atoms in total. The van der Waals surface area contributed by atoms with Crippen LogP contribution >= 0.6 is 11.5 Å². The largest absolute Gasteiger partial charge is 0.349 e. The molecule has 0 unspecified atom stereocenters. The third kappa shape index (κ3) is 2.58. The lowest BCUT2D eigenvalue weighted by molar-refractivity contribution is -0.201. The maximum Gasteiger partial charge on any atom is 0.347 e. The maximum atomic E-state index is 12.1. The minimum Gasteiger partial charge on any atom is -0.349 e. The van der Waals surface area contributed by atoms with Gasteiger partial charge in [0.1, 0.15) is 0 Å². The number of nitrogens with zero attached hydrogens (tertiary/aromatic N) is 3. The van der Waals surface area contributed by atoms with E-state index in [1.165, 1.54) is 5.38 Å². The van der Waals surface area contributed by atoms with Gasteiger partial charge in [0.15, 0.2) is 0 Å². The first-order chi connectivity index (χ1) is 6.11. The zero-order valence-corrected chi connectivity index (χ0v) is 7.29. The molecule has 1 aromatic heterocycles. The molecule has 0 aliphatic carbocycles. The predicted octanol–water partition coefficient (Wildman–Crippen LogP) is 0.903. The van der Waals surface area contributed by atoms with Crippen LogP contribution in [0.15, 0.2) is 5.38 Å². The van der Waals surface area contributed by atoms with Gasteiger partial charge in [-0.05, 0) is 11.5 Å². The minimum absolute atomic E-state index is 0.0727. The summed E-state index contributed by atoms with van der Waals surface area (Å²) < 4.78 is 27.5. The zero-order chi connectivity index (χ0) is 9.84. The molecule has 0 saturated heterocycles. The lowest BCUT2D eigenvalue weighted by Gasteiger charge is -2.16. The summed E-state index contributed by atoms with van der Waals surface area (Å²) >= 11 is 0.936. The molecular weight excluding hydrogens is 204 g/mol. The molecule has 0 fully saturated rings. The molecule has 1 rings (SSSR count). The molecule has 1 heterocycles. The number of rotatable bonds is 3. The van der Waals surface area contributed by atoms with Crippen LogP contribution < -0.4 is 4.84 Å². The van der Waals surface area contributed by atoms with Crippen LogP contribution in [0.2, 0.25) is 0 Å². The minimum atomic E-state index is -3.01. The standard InChI is InChI=1S/C5H5F2N3O2S/c1-3(11)10(5(6)7)12-4-2-13-9-8-4/h2,5H,1H3. The molecular formula is C5H5F2N3O2S. The Balaban J connectivity index is 2.63. The van der Waals surface area contributed by atoms with E-state index in [0.717, 1.165) is 18.5 Å². The molecule has 0 saturated carbocycles. The molecule has 0 radical (unpaired) electrons. The van der Waals surface area contributed by atoms with E-state index in [2.05, 4.69) is 14.4 Å². The fourth-order valence-electron chi connectivity index (χ4n) is 0.538. The second kappa shape index (κ2) is 4.08. The van der Waals surface area contributed by atoms with E-state index in [-0.39, 0.29) is 10.9 Å². The van der Waals surface area contributed by atoms with E-state index in [0.29, 0.717) is 0 Å². The Morgan fingerprint density at radius 2 is 2.46 bits per heavy atom. The number of hydrogen-bond donors (Lipinski definition) is 0. The van der Waals surface area contributed by atoms with Gasteiger partial charge in [-0.15, -0.1) is 5.06 Å². The first-order valence-electron chi connectivity index (χ1n) is 3.14. The van der Waals surface area contributed by atoms with Crippen LogP contribution in [0.5, 0.6) is 5.88 Å². The number of carbonyl (C=O) groups excluding carboxylic acids is 1. The quantitative estimate of drug-likeness (QED) is 0.548. The van der Waals surface area contributed by atoms with Crippen LogP contribution in [0.1, 0.15) is 6.92 Å². The monoisotopic (exact) mass is 209 g/mol. The molecule has 72 valence electrons. The second-order valence-corrected chi connectivity index (χ2v) is 2.57. The highest BCUT2D eigenvalue weighted by Crippen LogP contribution is 2.12. The SMILES string of the molecule is CC(=O)N(Oc1csnn1)C(F)F. The summed E-state index contributed by atoms with van der Waals surface area (Å²) in [4.78, 5) is 15.0. The highest BCUT2D eigenvalue weighted by molar-refractivity contribution is 7.03. The summed E-state index contributed by atoms with van der Waals surface area (Å²) in [6.45, 7) is -2.05. The van der Waals surface area contributed by atoms with Crippen LogP contribution in [-0.2, 0) is 4.79 Å². The van der Waals surface area contributed by atoms with Crippen molar-refractivity contribution in [1.29, 1.82) is 0 Å². The molecule has 0 N–H and O–H groups in total. The van der Waals surface area contributed by atoms with Gasteiger partial charge in [-0.2, -0.15) is 8.78 Å². The van der Waals surface area contributed by atoms with Crippen molar-refractivity contribution in [3.63, 3.8) is 0 Å². The van der Waals surface area contributed by atoms with Crippen molar-refractivity contribution in [2.45, 2.75) is 13.5 Å². The Hall–Kier alpha value is -1.31. The van der Waals surface area contributed by atoms with E-state index < -0.39 is 12.5 Å². The number of hydroxylamine groups is 2. The van der Waals surface area contributed by atoms with Crippen molar-refractivity contribution in [2.24, 2.45) is 0 Å². The lowest BCUT2D eigenvalue weighted by Crippen LogP contribution is -2.36. The third-order valence-electron chi connectivity index (χ3n) is 1.02. The van der Waals surface area contributed by atoms with Gasteiger partial charge in [-0.3, -0.25) is 4.79 Å². The molecule has 1 aromatic rings. The van der Waals surface area contributed by atoms with Gasteiger partial charge in [0.25, 0.3) is 11.8 Å². The number of amides is 1. The van der Waals surface area contributed by atoms with Crippen LogP contribution in [0.4, 0.5) is 8.78 Å². The van der Waals surface area contributed by atoms with Gasteiger partial charge < -0.3 is 4.84 Å². The van der Waals surface area contributed by atoms with E-state index in [1.54, 1.807) is 0 Å². The van der Waals surface area contributed by atoms with E-state index in [4.69, 9.17) is 0 Å². The molecule has 0 aliphatic rings. The van der Waals surface area contributed by atoms with E-state index >= 15 is 0 Å². The van der Waals surface area contributed by atoms with Crippen LogP contribution in [0.3, 0.4) is 0 Å². The highest BCUT2D eigenvalue weighted by Gasteiger charge is 2.22. The first kappa shape index (κ1) is 9.78. The normalized spacial score (nSPS) is 10.2. The van der Waals surface area contributed by atoms with Gasteiger partial charge in [0, 0.05) is 6.92 Å². The van der Waals surface area contributed by atoms with Crippen molar-refractivity contribution >= 4 is 17.4 Å². The van der Waals surface area contributed by atoms with E-state index in [9.17, 15) is 13.6 Å². The smallest absolute Gasteiger partial charge is 0.347 e. The number of halogens is 2. The van der Waals surface area contributed by atoms with Gasteiger partial charge >= 0.3 is 6.55 Å². The predicted molar refractivity (Wildman–Crippen MR) is 39.1 cm³/mol. The lowest BCUT2D eigenvalue weighted by atomic mass is 10.7.